The van der Waals surface area contributed by atoms with Gasteiger partial charge in [-0.2, -0.15) is 0 Å². The molecule has 0 amide bonds. The minimum atomic E-state index is -1.77. The van der Waals surface area contributed by atoms with E-state index in [-0.39, 0.29) is 10.5 Å². The van der Waals surface area contributed by atoms with Crippen LogP contribution in [0.2, 0.25) is 18.1 Å². The van der Waals surface area contributed by atoms with E-state index >= 15 is 0 Å². The number of aliphatic hydroxyl groups is 1. The molecule has 0 spiro atoms. The first kappa shape index (κ1) is 26.0. The van der Waals surface area contributed by atoms with Crippen LogP contribution in [0.1, 0.15) is 106 Å². The normalized spacial score (nSPS) is 32.4. The van der Waals surface area contributed by atoms with Crippen molar-refractivity contribution < 1.29 is 9.53 Å². The molecule has 2 aliphatic carbocycles. The fraction of sp³-hybridized carbons (Fsp3) is 0.926. The molecule has 2 rings (SSSR count). The molecule has 0 heterocycles. The Bertz CT molecular complexity index is 620. The van der Waals surface area contributed by atoms with Crippen molar-refractivity contribution in [1.29, 1.82) is 0 Å². The maximum atomic E-state index is 10.2. The first-order chi connectivity index (χ1) is 13.6. The van der Waals surface area contributed by atoms with Crippen LogP contribution in [0.5, 0.6) is 0 Å². The minimum Gasteiger partial charge on any atom is -0.414 e. The standard InChI is InChI=1S/C27H50O2Si/c1-11-17-26(7,19-13-18-25(5,6)28)23-16-15-21-22(14-12-20-27(21,23)8)29-30(9,10)24(2,3)4/h1,21-23,28H,12-20H2,2-10H3/t21?,22-,23?,26?,27-/m0/s1. The summed E-state index contributed by atoms with van der Waals surface area (Å²) in [5, 5.41) is 10.5. The number of terminal acetylenes is 1. The fourth-order valence-electron chi connectivity index (χ4n) is 6.50. The maximum absolute atomic E-state index is 10.2. The van der Waals surface area contributed by atoms with Crippen LogP contribution in [0.25, 0.3) is 0 Å². The smallest absolute Gasteiger partial charge is 0.192 e. The quantitative estimate of drug-likeness (QED) is 0.315. The Hall–Kier alpha value is -0.303. The summed E-state index contributed by atoms with van der Waals surface area (Å²) in [5.74, 6) is 4.34. The van der Waals surface area contributed by atoms with Crippen molar-refractivity contribution in [3.05, 3.63) is 0 Å². The van der Waals surface area contributed by atoms with Gasteiger partial charge in [-0.05, 0) is 93.2 Å². The van der Waals surface area contributed by atoms with Gasteiger partial charge in [-0.15, -0.1) is 12.3 Å². The molecule has 2 nitrogen and oxygen atoms in total. The van der Waals surface area contributed by atoms with E-state index in [1.54, 1.807) is 0 Å². The molecular weight excluding hydrogens is 384 g/mol. The summed E-state index contributed by atoms with van der Waals surface area (Å²) in [4.78, 5) is 0. The lowest BCUT2D eigenvalue weighted by Gasteiger charge is -2.52. The Labute approximate surface area is 189 Å². The molecule has 5 atom stereocenters. The molecule has 1 N–H and O–H groups in total. The van der Waals surface area contributed by atoms with Crippen LogP contribution < -0.4 is 0 Å². The van der Waals surface area contributed by atoms with Crippen molar-refractivity contribution in [1.82, 2.24) is 0 Å². The summed E-state index contributed by atoms with van der Waals surface area (Å²) in [6.07, 6.45) is 16.5. The lowest BCUT2D eigenvalue weighted by Crippen LogP contribution is -2.51. The highest BCUT2D eigenvalue weighted by Crippen LogP contribution is 2.63. The first-order valence-corrected chi connectivity index (χ1v) is 15.3. The summed E-state index contributed by atoms with van der Waals surface area (Å²) >= 11 is 0. The molecule has 174 valence electrons. The molecule has 3 unspecified atom stereocenters. The Kier molecular flexibility index (Phi) is 7.71. The lowest BCUT2D eigenvalue weighted by atomic mass is 9.56. The van der Waals surface area contributed by atoms with Crippen LogP contribution in [0.3, 0.4) is 0 Å². The Morgan fingerprint density at radius 3 is 2.23 bits per heavy atom. The maximum Gasteiger partial charge on any atom is 0.192 e. The van der Waals surface area contributed by atoms with Crippen LogP contribution in [-0.2, 0) is 4.43 Å². The van der Waals surface area contributed by atoms with Crippen molar-refractivity contribution >= 4 is 8.32 Å². The zero-order valence-electron chi connectivity index (χ0n) is 21.5. The first-order valence-electron chi connectivity index (χ1n) is 12.4. The predicted octanol–water partition coefficient (Wildman–Crippen LogP) is 7.56. The van der Waals surface area contributed by atoms with Gasteiger partial charge in [0.25, 0.3) is 0 Å². The molecular formula is C27H50O2Si. The van der Waals surface area contributed by atoms with Gasteiger partial charge in [0.1, 0.15) is 0 Å². The van der Waals surface area contributed by atoms with Gasteiger partial charge in [-0.3, -0.25) is 0 Å². The van der Waals surface area contributed by atoms with Crippen LogP contribution in [-0.4, -0.2) is 25.1 Å². The molecule has 2 saturated carbocycles. The Balaban J connectivity index is 2.22. The van der Waals surface area contributed by atoms with Crippen molar-refractivity contribution in [3.8, 4) is 12.3 Å². The zero-order valence-corrected chi connectivity index (χ0v) is 22.5. The highest BCUT2D eigenvalue weighted by Gasteiger charge is 2.57. The molecule has 0 aliphatic heterocycles. The van der Waals surface area contributed by atoms with E-state index in [9.17, 15) is 5.11 Å². The number of hydrogen-bond donors (Lipinski definition) is 1. The number of fused-ring (bicyclic) bond motifs is 1. The number of rotatable bonds is 8. The SMILES string of the molecule is C#CCC(C)(CCCC(C)(C)O)C1CCC2[C@@H](O[Si](C)(C)C(C)(C)C)CCC[C@@]21C. The predicted molar refractivity (Wildman–Crippen MR) is 132 cm³/mol. The molecule has 0 aromatic carbocycles. The summed E-state index contributed by atoms with van der Waals surface area (Å²) in [5.41, 5.74) is -0.111. The monoisotopic (exact) mass is 434 g/mol. The van der Waals surface area contributed by atoms with Gasteiger partial charge in [0, 0.05) is 12.5 Å². The minimum absolute atomic E-state index is 0.155. The molecule has 0 saturated heterocycles. The molecule has 30 heavy (non-hydrogen) atoms. The van der Waals surface area contributed by atoms with Crippen molar-refractivity contribution in [2.24, 2.45) is 22.7 Å². The van der Waals surface area contributed by atoms with Crippen molar-refractivity contribution in [2.75, 3.05) is 0 Å². The van der Waals surface area contributed by atoms with Gasteiger partial charge in [-0.1, -0.05) is 47.5 Å². The van der Waals surface area contributed by atoms with E-state index < -0.39 is 13.9 Å². The summed E-state index contributed by atoms with van der Waals surface area (Å²) in [7, 11) is -1.77. The van der Waals surface area contributed by atoms with Gasteiger partial charge >= 0.3 is 0 Å². The van der Waals surface area contributed by atoms with Crippen molar-refractivity contribution in [3.63, 3.8) is 0 Å². The van der Waals surface area contributed by atoms with E-state index in [1.807, 2.05) is 13.8 Å². The Morgan fingerprint density at radius 2 is 1.70 bits per heavy atom. The lowest BCUT2D eigenvalue weighted by molar-refractivity contribution is -0.0444. The molecule has 0 radical (unpaired) electrons. The highest BCUT2D eigenvalue weighted by atomic mass is 28.4. The Morgan fingerprint density at radius 1 is 1.07 bits per heavy atom. The zero-order chi connectivity index (χ0) is 23.0. The summed E-state index contributed by atoms with van der Waals surface area (Å²) in [6, 6.07) is 0. The average Bonchev–Trinajstić information content (AvgIpc) is 2.91. The fourth-order valence-corrected chi connectivity index (χ4v) is 7.90. The number of hydrogen-bond acceptors (Lipinski definition) is 2. The van der Waals surface area contributed by atoms with Crippen LogP contribution in [0.4, 0.5) is 0 Å². The average molecular weight is 435 g/mol. The van der Waals surface area contributed by atoms with E-state index in [1.165, 1.54) is 32.1 Å². The summed E-state index contributed by atoms with van der Waals surface area (Å²) in [6.45, 7) is 20.7. The topological polar surface area (TPSA) is 29.5 Å². The third-order valence-electron chi connectivity index (χ3n) is 9.20. The van der Waals surface area contributed by atoms with Crippen LogP contribution >= 0.6 is 0 Å². The third-order valence-corrected chi connectivity index (χ3v) is 13.7. The van der Waals surface area contributed by atoms with E-state index in [0.29, 0.717) is 23.4 Å². The largest absolute Gasteiger partial charge is 0.414 e. The van der Waals surface area contributed by atoms with Gasteiger partial charge in [0.2, 0.25) is 0 Å². The second kappa shape index (κ2) is 8.91. The van der Waals surface area contributed by atoms with Crippen LogP contribution in [0.15, 0.2) is 0 Å². The van der Waals surface area contributed by atoms with Gasteiger partial charge in [-0.25, -0.2) is 0 Å². The van der Waals surface area contributed by atoms with Crippen molar-refractivity contribution in [2.45, 2.75) is 136 Å². The van der Waals surface area contributed by atoms with Gasteiger partial charge in [0.05, 0.1) is 5.60 Å². The molecule has 0 bridgehead atoms. The van der Waals surface area contributed by atoms with Crippen LogP contribution in [0, 0.1) is 35.0 Å². The van der Waals surface area contributed by atoms with Gasteiger partial charge in [0.15, 0.2) is 8.32 Å². The summed E-state index contributed by atoms with van der Waals surface area (Å²) < 4.78 is 7.03. The molecule has 2 aliphatic rings. The molecule has 0 aromatic rings. The van der Waals surface area contributed by atoms with E-state index in [4.69, 9.17) is 10.8 Å². The van der Waals surface area contributed by atoms with E-state index in [0.717, 1.165) is 25.7 Å². The van der Waals surface area contributed by atoms with E-state index in [2.05, 4.69) is 53.6 Å². The molecule has 3 heteroatoms. The van der Waals surface area contributed by atoms with Gasteiger partial charge < -0.3 is 9.53 Å². The second-order valence-corrected chi connectivity index (χ2v) is 18.0. The molecule has 2 fully saturated rings. The third kappa shape index (κ3) is 5.54. The second-order valence-electron chi connectivity index (χ2n) is 13.3. The molecule has 0 aromatic heterocycles. The highest BCUT2D eigenvalue weighted by molar-refractivity contribution is 6.74.